The van der Waals surface area contributed by atoms with Gasteiger partial charge >= 0.3 is 19.8 Å². The number of carbonyl (C=O) groups excluding carboxylic acids is 2. The number of nitrogens with two attached hydrogens (primary N) is 1. The molecular weight excluding hydrogens is 713 g/mol. The maximum atomic E-state index is 12.6. The molecule has 0 aromatic heterocycles. The van der Waals surface area contributed by atoms with Crippen molar-refractivity contribution in [3.63, 3.8) is 0 Å². The number of carbonyl (C=O) groups is 2. The smallest absolute Gasteiger partial charge is 0.462 e. The van der Waals surface area contributed by atoms with Crippen molar-refractivity contribution in [2.24, 2.45) is 5.73 Å². The zero-order valence-corrected chi connectivity index (χ0v) is 36.3. The Hall–Kier alpha value is -1.77. The highest BCUT2D eigenvalue weighted by molar-refractivity contribution is 7.47. The molecule has 3 N–H and O–H groups in total. The molecule has 0 aromatic rings. The Balaban J connectivity index is 4.13. The minimum absolute atomic E-state index is 0.0506. The van der Waals surface area contributed by atoms with Crippen molar-refractivity contribution in [3.05, 3.63) is 36.5 Å². The Bertz CT molecular complexity index is 1000. The van der Waals surface area contributed by atoms with Gasteiger partial charge in [-0.25, -0.2) is 4.57 Å². The molecule has 0 rings (SSSR count). The van der Waals surface area contributed by atoms with Gasteiger partial charge in [-0.1, -0.05) is 159 Å². The standard InChI is InChI=1S/C45H84NO8P/c1-3-5-7-9-11-13-15-17-19-20-21-22-24-25-27-29-31-33-35-37-44(47)51-41-43(42-53-55(49,50)52-40-39-46)54-45(48)38-36-34-32-30-28-26-23-18-16-14-12-10-8-6-4-2/h12,14,17-19,23,43H,3-11,13,15-16,20-22,24-42,46H2,1-2H3,(H,49,50)/b14-12+,19-17+,23-18+/t43-/m1/s1. The van der Waals surface area contributed by atoms with Crippen molar-refractivity contribution >= 4 is 19.8 Å². The third-order valence-electron chi connectivity index (χ3n) is 9.50. The number of phosphoric ester groups is 1. The highest BCUT2D eigenvalue weighted by Crippen LogP contribution is 2.43. The van der Waals surface area contributed by atoms with Gasteiger partial charge < -0.3 is 20.1 Å². The second-order valence-electron chi connectivity index (χ2n) is 14.9. The van der Waals surface area contributed by atoms with Crippen LogP contribution in [0.15, 0.2) is 36.5 Å². The van der Waals surface area contributed by atoms with Crippen LogP contribution in [0.3, 0.4) is 0 Å². The number of hydrogen-bond donors (Lipinski definition) is 2. The van der Waals surface area contributed by atoms with E-state index in [0.29, 0.717) is 6.42 Å². The molecule has 0 saturated heterocycles. The van der Waals surface area contributed by atoms with E-state index in [-0.39, 0.29) is 38.6 Å². The summed E-state index contributed by atoms with van der Waals surface area (Å²) in [5.74, 6) is -0.844. The molecule has 0 aliphatic rings. The van der Waals surface area contributed by atoms with Gasteiger partial charge in [-0.2, -0.15) is 0 Å². The normalized spacial score (nSPS) is 13.6. The molecule has 9 nitrogen and oxygen atoms in total. The van der Waals surface area contributed by atoms with Crippen LogP contribution in [-0.4, -0.2) is 49.3 Å². The highest BCUT2D eigenvalue weighted by atomic mass is 31.2. The van der Waals surface area contributed by atoms with E-state index in [9.17, 15) is 19.0 Å². The Morgan fingerprint density at radius 3 is 1.44 bits per heavy atom. The van der Waals surface area contributed by atoms with E-state index < -0.39 is 26.5 Å². The summed E-state index contributed by atoms with van der Waals surface area (Å²) in [5.41, 5.74) is 5.35. The first-order valence-electron chi connectivity index (χ1n) is 22.5. The van der Waals surface area contributed by atoms with Gasteiger partial charge in [0.15, 0.2) is 6.10 Å². The van der Waals surface area contributed by atoms with E-state index in [1.54, 1.807) is 0 Å². The van der Waals surface area contributed by atoms with Gasteiger partial charge in [0.2, 0.25) is 0 Å². The van der Waals surface area contributed by atoms with Crippen LogP contribution >= 0.6 is 7.82 Å². The maximum absolute atomic E-state index is 12.6. The molecule has 0 fully saturated rings. The van der Waals surface area contributed by atoms with Gasteiger partial charge in [-0.3, -0.25) is 18.6 Å². The summed E-state index contributed by atoms with van der Waals surface area (Å²) in [4.78, 5) is 34.9. The molecule has 10 heteroatoms. The van der Waals surface area contributed by atoms with E-state index in [1.807, 2.05) is 0 Å². The van der Waals surface area contributed by atoms with Crippen molar-refractivity contribution in [3.8, 4) is 0 Å². The quantitative estimate of drug-likeness (QED) is 0.0268. The third kappa shape index (κ3) is 41.7. The molecule has 55 heavy (non-hydrogen) atoms. The molecule has 0 spiro atoms. The fraction of sp³-hybridized carbons (Fsp3) is 0.822. The van der Waals surface area contributed by atoms with E-state index in [1.165, 1.54) is 116 Å². The maximum Gasteiger partial charge on any atom is 0.472 e. The fourth-order valence-corrected chi connectivity index (χ4v) is 6.89. The monoisotopic (exact) mass is 798 g/mol. The lowest BCUT2D eigenvalue weighted by atomic mass is 10.1. The number of allylic oxidation sites excluding steroid dienone is 6. The number of ether oxygens (including phenoxy) is 2. The highest BCUT2D eigenvalue weighted by Gasteiger charge is 2.26. The lowest BCUT2D eigenvalue weighted by Crippen LogP contribution is -2.29. The Morgan fingerprint density at radius 2 is 0.945 bits per heavy atom. The topological polar surface area (TPSA) is 134 Å². The van der Waals surface area contributed by atoms with Crippen LogP contribution in [-0.2, 0) is 32.7 Å². The summed E-state index contributed by atoms with van der Waals surface area (Å²) in [6.45, 7) is 3.69. The average Bonchev–Trinajstić information content (AvgIpc) is 3.17. The minimum Gasteiger partial charge on any atom is -0.462 e. The van der Waals surface area contributed by atoms with Crippen LogP contribution in [0.2, 0.25) is 0 Å². The summed E-state index contributed by atoms with van der Waals surface area (Å²) >= 11 is 0. The van der Waals surface area contributed by atoms with Crippen LogP contribution in [0.25, 0.3) is 0 Å². The Labute approximate surface area is 337 Å². The van der Waals surface area contributed by atoms with Crippen molar-refractivity contribution in [1.82, 2.24) is 0 Å². The van der Waals surface area contributed by atoms with Gasteiger partial charge in [0.25, 0.3) is 0 Å². The van der Waals surface area contributed by atoms with Crippen molar-refractivity contribution in [1.29, 1.82) is 0 Å². The third-order valence-corrected chi connectivity index (χ3v) is 10.5. The van der Waals surface area contributed by atoms with Gasteiger partial charge in [0.1, 0.15) is 6.61 Å². The molecule has 0 amide bonds. The number of phosphoric acid groups is 1. The summed E-state index contributed by atoms with van der Waals surface area (Å²) in [5, 5.41) is 0. The summed E-state index contributed by atoms with van der Waals surface area (Å²) in [6, 6.07) is 0. The first-order valence-corrected chi connectivity index (χ1v) is 24.0. The lowest BCUT2D eigenvalue weighted by molar-refractivity contribution is -0.161. The largest absolute Gasteiger partial charge is 0.472 e. The second-order valence-corrected chi connectivity index (χ2v) is 16.4. The van der Waals surface area contributed by atoms with Crippen LogP contribution < -0.4 is 5.73 Å². The first-order chi connectivity index (χ1) is 26.8. The summed E-state index contributed by atoms with van der Waals surface area (Å²) in [6.07, 6.45) is 46.0. The molecule has 0 saturated carbocycles. The molecule has 0 radical (unpaired) electrons. The van der Waals surface area contributed by atoms with Crippen LogP contribution in [0, 0.1) is 0 Å². The first kappa shape index (κ1) is 53.2. The SMILES string of the molecule is CCCCC/C=C/C/C=C/CCCCCCCC(=O)O[C@H](COC(=O)CCCCCCCCCCC/C=C/CCCCCCCC)COP(=O)(O)OCCN. The number of unbranched alkanes of at least 4 members (excludes halogenated alkanes) is 23. The molecule has 0 bridgehead atoms. The van der Waals surface area contributed by atoms with Crippen LogP contribution in [0.1, 0.15) is 206 Å². The minimum atomic E-state index is -4.38. The van der Waals surface area contributed by atoms with Crippen LogP contribution in [0.4, 0.5) is 0 Å². The van der Waals surface area contributed by atoms with Gasteiger partial charge in [-0.05, 0) is 70.6 Å². The fourth-order valence-electron chi connectivity index (χ4n) is 6.13. The van der Waals surface area contributed by atoms with Gasteiger partial charge in [0.05, 0.1) is 13.2 Å². The Morgan fingerprint density at radius 1 is 0.545 bits per heavy atom. The molecule has 0 aliphatic heterocycles. The van der Waals surface area contributed by atoms with Crippen molar-refractivity contribution in [2.75, 3.05) is 26.4 Å². The zero-order valence-electron chi connectivity index (χ0n) is 35.4. The van der Waals surface area contributed by atoms with Crippen molar-refractivity contribution < 1.29 is 37.6 Å². The summed E-state index contributed by atoms with van der Waals surface area (Å²) < 4.78 is 32.8. The molecule has 0 heterocycles. The van der Waals surface area contributed by atoms with Gasteiger partial charge in [0, 0.05) is 19.4 Å². The van der Waals surface area contributed by atoms with E-state index in [4.69, 9.17) is 24.3 Å². The number of esters is 2. The van der Waals surface area contributed by atoms with E-state index in [0.717, 1.165) is 57.8 Å². The number of rotatable bonds is 42. The predicted octanol–water partition coefficient (Wildman–Crippen LogP) is 12.9. The van der Waals surface area contributed by atoms with Crippen LogP contribution in [0.5, 0.6) is 0 Å². The second kappa shape index (κ2) is 41.9. The lowest BCUT2D eigenvalue weighted by Gasteiger charge is -2.19. The molecule has 322 valence electrons. The molecular formula is C45H84NO8P. The average molecular weight is 798 g/mol. The predicted molar refractivity (Wildman–Crippen MR) is 229 cm³/mol. The zero-order chi connectivity index (χ0) is 40.3. The summed E-state index contributed by atoms with van der Waals surface area (Å²) in [7, 11) is -4.38. The van der Waals surface area contributed by atoms with E-state index in [2.05, 4.69) is 50.3 Å². The Kier molecular flexibility index (Phi) is 40.5. The van der Waals surface area contributed by atoms with E-state index >= 15 is 0 Å². The molecule has 2 atom stereocenters. The molecule has 1 unspecified atom stereocenters. The van der Waals surface area contributed by atoms with Crippen molar-refractivity contribution in [2.45, 2.75) is 213 Å². The molecule has 0 aliphatic carbocycles. The number of hydrogen-bond acceptors (Lipinski definition) is 8. The van der Waals surface area contributed by atoms with Gasteiger partial charge in [-0.15, -0.1) is 0 Å². The molecule has 0 aromatic carbocycles.